The van der Waals surface area contributed by atoms with Gasteiger partial charge in [0.2, 0.25) is 0 Å². The van der Waals surface area contributed by atoms with E-state index in [-0.39, 0.29) is 41.7 Å². The Morgan fingerprint density at radius 1 is 0.944 bits per heavy atom. The van der Waals surface area contributed by atoms with Crippen LogP contribution in [0.2, 0.25) is 0 Å². The van der Waals surface area contributed by atoms with Crippen LogP contribution in [0.5, 0.6) is 0 Å². The van der Waals surface area contributed by atoms with E-state index in [4.69, 9.17) is 0 Å². The number of hydrogen-bond donors (Lipinski definition) is 0. The second-order valence-electron chi connectivity index (χ2n) is 2.87. The summed E-state index contributed by atoms with van der Waals surface area (Å²) in [5.41, 5.74) is 0. The first-order valence-electron chi connectivity index (χ1n) is 4.01. The average molecular weight is 416 g/mol. The van der Waals surface area contributed by atoms with Crippen molar-refractivity contribution < 1.29 is 76.3 Å². The van der Waals surface area contributed by atoms with Gasteiger partial charge in [0.1, 0.15) is 0 Å². The summed E-state index contributed by atoms with van der Waals surface area (Å²) in [4.78, 5) is -0.788. The van der Waals surface area contributed by atoms with E-state index < -0.39 is 27.3 Å². The van der Waals surface area contributed by atoms with Crippen molar-refractivity contribution in [1.29, 1.82) is 0 Å². The molecule has 0 aromatic heterocycles. The van der Waals surface area contributed by atoms with Crippen LogP contribution in [0.4, 0.5) is 22.0 Å². The Hall–Kier alpha value is 0.157. The van der Waals surface area contributed by atoms with Gasteiger partial charge in [-0.1, -0.05) is 18.2 Å². The third-order valence-electron chi connectivity index (χ3n) is 1.58. The summed E-state index contributed by atoms with van der Waals surface area (Å²) in [6, 6.07) is 5.34. The van der Waals surface area contributed by atoms with E-state index in [9.17, 15) is 30.4 Å². The van der Waals surface area contributed by atoms with Crippen molar-refractivity contribution in [2.45, 2.75) is 17.2 Å². The Bertz CT molecular complexity index is 485. The summed E-state index contributed by atoms with van der Waals surface area (Å²) < 4.78 is 85.1. The zero-order chi connectivity index (χ0) is 13.3. The van der Waals surface area contributed by atoms with Gasteiger partial charge in [-0.05, 0) is 12.1 Å². The van der Waals surface area contributed by atoms with Gasteiger partial charge in [0.15, 0.2) is 0 Å². The first kappa shape index (κ1) is 18.2. The van der Waals surface area contributed by atoms with E-state index in [0.29, 0.717) is 0 Å². The maximum atomic E-state index is 12.4. The Morgan fingerprint density at radius 3 is 1.78 bits per heavy atom. The molecule has 0 spiro atoms. The molecule has 0 N–H and O–H groups in total. The van der Waals surface area contributed by atoms with E-state index >= 15 is 0 Å². The van der Waals surface area contributed by atoms with Gasteiger partial charge in [0.25, 0.3) is 0 Å². The minimum Gasteiger partial charge on any atom is -0.194 e. The van der Waals surface area contributed by atoms with E-state index in [1.54, 1.807) is 0 Å². The van der Waals surface area contributed by atoms with Crippen molar-refractivity contribution in [3.8, 4) is 0 Å². The maximum absolute atomic E-state index is 12.4. The van der Waals surface area contributed by atoms with Crippen LogP contribution in [0, 0.1) is 41.7 Å². The van der Waals surface area contributed by atoms with Gasteiger partial charge in [-0.15, -0.1) is 0 Å². The van der Waals surface area contributed by atoms with Crippen molar-refractivity contribution >= 4 is 10.1 Å². The van der Waals surface area contributed by atoms with Crippen LogP contribution in [0.1, 0.15) is 0 Å². The van der Waals surface area contributed by atoms with Crippen molar-refractivity contribution in [3.63, 3.8) is 0 Å². The first-order valence-corrected chi connectivity index (χ1v) is 5.42. The van der Waals surface area contributed by atoms with Crippen molar-refractivity contribution in [2.75, 3.05) is 0 Å². The predicted octanol–water partition coefficient (Wildman–Crippen LogP) is 2.55. The monoisotopic (exact) mass is 416 g/mol. The molecule has 0 radical (unpaired) electrons. The van der Waals surface area contributed by atoms with Crippen LogP contribution in [-0.2, 0) is 14.3 Å². The largest absolute Gasteiger partial charge is 0.484 e. The fraction of sp³-hybridized carbons (Fsp3) is 0.250. The summed E-state index contributed by atoms with van der Waals surface area (Å²) in [6.07, 6.45) is -11.9. The number of hydrogen-bond acceptors (Lipinski definition) is 3. The number of alkyl halides is 5. The summed E-state index contributed by atoms with van der Waals surface area (Å²) in [5, 5.41) is 0. The van der Waals surface area contributed by atoms with Crippen LogP contribution < -0.4 is 0 Å². The van der Waals surface area contributed by atoms with Gasteiger partial charge in [-0.3, -0.25) is 0 Å². The molecule has 0 fully saturated rings. The standard InChI is InChI=1S/C8H5F5O3S.Ce/c9-7(10,11)8(12,13)16-17(14,15)6-4-2-1-3-5-6;/h1-5H;. The normalized spacial score (nSPS) is 12.9. The minimum absolute atomic E-state index is 0. The van der Waals surface area contributed by atoms with E-state index in [1.165, 1.54) is 6.07 Å². The third kappa shape index (κ3) is 4.37. The number of benzene rings is 1. The van der Waals surface area contributed by atoms with Gasteiger partial charge in [-0.25, -0.2) is 0 Å². The molecule has 0 amide bonds. The third-order valence-corrected chi connectivity index (χ3v) is 2.85. The van der Waals surface area contributed by atoms with Crippen LogP contribution >= 0.6 is 0 Å². The second kappa shape index (κ2) is 6.07. The molecule has 18 heavy (non-hydrogen) atoms. The SMILES string of the molecule is O=S(=O)(OC(F)(F)C(F)(F)F)c1ccccc1.[Ce]. The molecule has 0 aliphatic heterocycles. The molecule has 0 bridgehead atoms. The van der Waals surface area contributed by atoms with Crippen molar-refractivity contribution in [2.24, 2.45) is 0 Å². The zero-order valence-corrected chi connectivity index (χ0v) is 12.4. The van der Waals surface area contributed by atoms with Crippen LogP contribution in [0.25, 0.3) is 0 Å². The maximum Gasteiger partial charge on any atom is 0.484 e. The molecule has 0 saturated heterocycles. The topological polar surface area (TPSA) is 43.4 Å². The summed E-state index contributed by atoms with van der Waals surface area (Å²) in [6.45, 7) is 0. The molecule has 0 atom stereocenters. The quantitative estimate of drug-likeness (QED) is 0.562. The summed E-state index contributed by atoms with van der Waals surface area (Å²) in [5.74, 6) is 0. The molecule has 1 aromatic carbocycles. The molecule has 0 aliphatic carbocycles. The smallest absolute Gasteiger partial charge is 0.194 e. The fourth-order valence-corrected chi connectivity index (χ4v) is 1.78. The molecule has 0 unspecified atom stereocenters. The van der Waals surface area contributed by atoms with Crippen LogP contribution in [0.3, 0.4) is 0 Å². The van der Waals surface area contributed by atoms with E-state index in [0.717, 1.165) is 24.3 Å². The Labute approximate surface area is 133 Å². The molecular weight excluding hydrogens is 411 g/mol. The number of rotatable bonds is 3. The van der Waals surface area contributed by atoms with Crippen LogP contribution in [-0.4, -0.2) is 20.7 Å². The molecule has 3 nitrogen and oxygen atoms in total. The Balaban J connectivity index is 0.00000289. The molecule has 10 heteroatoms. The molecule has 1 aromatic rings. The van der Waals surface area contributed by atoms with Crippen molar-refractivity contribution in [1.82, 2.24) is 0 Å². The molecule has 0 saturated carbocycles. The van der Waals surface area contributed by atoms with Crippen LogP contribution in [0.15, 0.2) is 35.2 Å². The summed E-state index contributed by atoms with van der Waals surface area (Å²) >= 11 is 0. The molecule has 100 valence electrons. The molecule has 0 heterocycles. The number of halogens is 5. The van der Waals surface area contributed by atoms with Gasteiger partial charge < -0.3 is 0 Å². The van der Waals surface area contributed by atoms with E-state index in [1.807, 2.05) is 0 Å². The first-order chi connectivity index (χ1) is 7.56. The zero-order valence-electron chi connectivity index (χ0n) is 8.41. The molecule has 0 aliphatic rings. The Kier molecular flexibility index (Phi) is 6.13. The fourth-order valence-electron chi connectivity index (χ4n) is 0.820. The van der Waals surface area contributed by atoms with Gasteiger partial charge in [0, 0.05) is 41.7 Å². The van der Waals surface area contributed by atoms with Gasteiger partial charge in [0.05, 0.1) is 4.90 Å². The predicted molar refractivity (Wildman–Crippen MR) is 45.7 cm³/mol. The van der Waals surface area contributed by atoms with Gasteiger partial charge in [-0.2, -0.15) is 34.6 Å². The van der Waals surface area contributed by atoms with E-state index in [2.05, 4.69) is 4.18 Å². The molecular formula is C8H5CeF5O3S. The Morgan fingerprint density at radius 2 is 1.39 bits per heavy atom. The molecule has 1 rings (SSSR count). The summed E-state index contributed by atoms with van der Waals surface area (Å²) in [7, 11) is -5.17. The van der Waals surface area contributed by atoms with Gasteiger partial charge >= 0.3 is 22.4 Å². The van der Waals surface area contributed by atoms with Crippen molar-refractivity contribution in [3.05, 3.63) is 30.3 Å². The minimum atomic E-state index is -6.10. The second-order valence-corrected chi connectivity index (χ2v) is 4.41. The average Bonchev–Trinajstić information content (AvgIpc) is 2.15.